The lowest BCUT2D eigenvalue weighted by Crippen LogP contribution is -2.57. The lowest BCUT2D eigenvalue weighted by Gasteiger charge is -2.48. The number of aliphatic carboxylic acids is 1. The molecule has 0 spiro atoms. The van der Waals surface area contributed by atoms with Crippen molar-refractivity contribution in [1.29, 1.82) is 0 Å². The number of carbonyl (C=O) groups is 1. The number of piperidine rings is 1. The summed E-state index contributed by atoms with van der Waals surface area (Å²) in [5.41, 5.74) is -0.121. The topological polar surface area (TPSA) is 43.8 Å². The zero-order valence-corrected chi connectivity index (χ0v) is 10.4. The van der Waals surface area contributed by atoms with Gasteiger partial charge in [-0.3, -0.25) is 4.79 Å². The van der Waals surface area contributed by atoms with E-state index >= 15 is 0 Å². The van der Waals surface area contributed by atoms with E-state index in [0.717, 1.165) is 12.8 Å². The second-order valence-corrected chi connectivity index (χ2v) is 5.65. The van der Waals surface area contributed by atoms with Crippen LogP contribution in [0.3, 0.4) is 0 Å². The first-order valence-electron chi connectivity index (χ1n) is 6.06. The molecule has 2 heterocycles. The zero-order valence-electron chi connectivity index (χ0n) is 10.4. The normalized spacial score (nSPS) is 39.2. The highest BCUT2D eigenvalue weighted by Gasteiger charge is 2.48. The number of fused-ring (bicyclic) bond motifs is 2. The number of hydrogen-bond acceptors (Lipinski definition) is 3. The average Bonchev–Trinajstić information content (AvgIpc) is 2.43. The minimum Gasteiger partial charge on any atom is -0.481 e. The Labute approximate surface area is 97.2 Å². The monoisotopic (exact) mass is 226 g/mol. The highest BCUT2D eigenvalue weighted by molar-refractivity contribution is 5.68. The Balaban J connectivity index is 2.19. The van der Waals surface area contributed by atoms with Gasteiger partial charge in [-0.25, -0.2) is 0 Å². The van der Waals surface area contributed by atoms with E-state index in [4.69, 9.17) is 5.11 Å². The molecule has 0 aromatic rings. The van der Waals surface area contributed by atoms with Crippen LogP contribution in [0.5, 0.6) is 0 Å². The number of carboxylic acids is 1. The molecule has 2 rings (SSSR count). The third kappa shape index (κ3) is 1.84. The molecule has 0 radical (unpaired) electrons. The molecule has 0 aromatic heterocycles. The smallest absolute Gasteiger partial charge is 0.305 e. The lowest BCUT2D eigenvalue weighted by atomic mass is 9.79. The Morgan fingerprint density at radius 1 is 1.38 bits per heavy atom. The first kappa shape index (κ1) is 11.9. The van der Waals surface area contributed by atoms with Gasteiger partial charge < -0.3 is 14.9 Å². The van der Waals surface area contributed by atoms with Gasteiger partial charge in [0.25, 0.3) is 0 Å². The van der Waals surface area contributed by atoms with E-state index in [2.05, 4.69) is 16.8 Å². The van der Waals surface area contributed by atoms with Crippen molar-refractivity contribution in [3.63, 3.8) is 0 Å². The SMILES string of the molecule is CN1C2CCC1CC(CC(=O)O)(N(C)C)C2. The highest BCUT2D eigenvalue weighted by atomic mass is 16.4. The van der Waals surface area contributed by atoms with Crippen LogP contribution < -0.4 is 0 Å². The number of nitrogens with zero attached hydrogens (tertiary/aromatic N) is 2. The van der Waals surface area contributed by atoms with Crippen LogP contribution >= 0.6 is 0 Å². The fraction of sp³-hybridized carbons (Fsp3) is 0.917. The Hall–Kier alpha value is -0.610. The molecule has 2 bridgehead atoms. The summed E-state index contributed by atoms with van der Waals surface area (Å²) in [7, 11) is 6.23. The van der Waals surface area contributed by atoms with Crippen LogP contribution in [-0.2, 0) is 4.79 Å². The maximum atomic E-state index is 11.1. The Morgan fingerprint density at radius 2 is 1.88 bits per heavy atom. The van der Waals surface area contributed by atoms with E-state index in [1.807, 2.05) is 14.1 Å². The van der Waals surface area contributed by atoms with Gasteiger partial charge in [-0.2, -0.15) is 0 Å². The van der Waals surface area contributed by atoms with Crippen molar-refractivity contribution in [3.05, 3.63) is 0 Å². The van der Waals surface area contributed by atoms with Crippen LogP contribution in [0.4, 0.5) is 0 Å². The molecule has 16 heavy (non-hydrogen) atoms. The molecule has 2 atom stereocenters. The summed E-state index contributed by atoms with van der Waals surface area (Å²) in [4.78, 5) is 15.6. The van der Waals surface area contributed by atoms with E-state index < -0.39 is 5.97 Å². The summed E-state index contributed by atoms with van der Waals surface area (Å²) in [6, 6.07) is 1.17. The molecule has 0 saturated carbocycles. The summed E-state index contributed by atoms with van der Waals surface area (Å²) < 4.78 is 0. The Morgan fingerprint density at radius 3 is 2.25 bits per heavy atom. The van der Waals surface area contributed by atoms with Gasteiger partial charge in [0.05, 0.1) is 6.42 Å². The summed E-state index contributed by atoms with van der Waals surface area (Å²) in [5, 5.41) is 9.10. The van der Waals surface area contributed by atoms with Crippen LogP contribution in [0.15, 0.2) is 0 Å². The fourth-order valence-electron chi connectivity index (χ4n) is 3.49. The van der Waals surface area contributed by atoms with Gasteiger partial charge in [0.1, 0.15) is 0 Å². The molecule has 2 aliphatic rings. The number of hydrogen-bond donors (Lipinski definition) is 1. The fourth-order valence-corrected chi connectivity index (χ4v) is 3.49. The predicted molar refractivity (Wildman–Crippen MR) is 62.5 cm³/mol. The van der Waals surface area contributed by atoms with Crippen molar-refractivity contribution >= 4 is 5.97 Å². The number of carboxylic acid groups (broad SMARTS) is 1. The molecule has 2 fully saturated rings. The molecule has 1 N–H and O–H groups in total. The van der Waals surface area contributed by atoms with Gasteiger partial charge in [0, 0.05) is 17.6 Å². The molecule has 2 unspecified atom stereocenters. The van der Waals surface area contributed by atoms with Crippen molar-refractivity contribution in [2.24, 2.45) is 0 Å². The second-order valence-electron chi connectivity index (χ2n) is 5.65. The van der Waals surface area contributed by atoms with Crippen molar-refractivity contribution in [3.8, 4) is 0 Å². The summed E-state index contributed by atoms with van der Waals surface area (Å²) in [6.45, 7) is 0. The molecule has 4 heteroatoms. The van der Waals surface area contributed by atoms with E-state index in [9.17, 15) is 4.79 Å². The predicted octanol–water partition coefficient (Wildman–Crippen LogP) is 1.02. The van der Waals surface area contributed by atoms with E-state index in [-0.39, 0.29) is 12.0 Å². The van der Waals surface area contributed by atoms with Crippen LogP contribution in [0.25, 0.3) is 0 Å². The molecule has 2 aliphatic heterocycles. The number of rotatable bonds is 3. The maximum Gasteiger partial charge on any atom is 0.305 e. The van der Waals surface area contributed by atoms with Crippen molar-refractivity contribution < 1.29 is 9.90 Å². The van der Waals surface area contributed by atoms with Crippen molar-refractivity contribution in [2.45, 2.75) is 49.7 Å². The quantitative estimate of drug-likeness (QED) is 0.780. The highest BCUT2D eigenvalue weighted by Crippen LogP contribution is 2.43. The summed E-state index contributed by atoms with van der Waals surface area (Å²) >= 11 is 0. The van der Waals surface area contributed by atoms with Gasteiger partial charge in [-0.1, -0.05) is 0 Å². The van der Waals surface area contributed by atoms with Crippen molar-refractivity contribution in [1.82, 2.24) is 9.80 Å². The average molecular weight is 226 g/mol. The van der Waals surface area contributed by atoms with Gasteiger partial charge in [-0.15, -0.1) is 0 Å². The third-order valence-electron chi connectivity index (χ3n) is 4.65. The summed E-state index contributed by atoms with van der Waals surface area (Å²) in [5.74, 6) is -0.669. The largest absolute Gasteiger partial charge is 0.481 e. The van der Waals surface area contributed by atoms with Crippen molar-refractivity contribution in [2.75, 3.05) is 21.1 Å². The molecular formula is C12H22N2O2. The van der Waals surface area contributed by atoms with Gasteiger partial charge in [0.2, 0.25) is 0 Å². The standard InChI is InChI=1S/C12H22N2O2/c1-13(2)12(8-11(15)16)6-9-4-5-10(7-12)14(9)3/h9-10H,4-8H2,1-3H3,(H,15,16). The van der Waals surface area contributed by atoms with Gasteiger partial charge >= 0.3 is 5.97 Å². The van der Waals surface area contributed by atoms with Crippen LogP contribution in [0.1, 0.15) is 32.1 Å². The maximum absolute atomic E-state index is 11.1. The van der Waals surface area contributed by atoms with E-state index in [1.54, 1.807) is 0 Å². The molecule has 0 aliphatic carbocycles. The third-order valence-corrected chi connectivity index (χ3v) is 4.65. The van der Waals surface area contributed by atoms with Gasteiger partial charge in [-0.05, 0) is 46.8 Å². The lowest BCUT2D eigenvalue weighted by molar-refractivity contribution is -0.141. The molecule has 0 amide bonds. The molecular weight excluding hydrogens is 204 g/mol. The van der Waals surface area contributed by atoms with Gasteiger partial charge in [0.15, 0.2) is 0 Å². The first-order chi connectivity index (χ1) is 7.44. The van der Waals surface area contributed by atoms with Crippen LogP contribution in [0, 0.1) is 0 Å². The Kier molecular flexibility index (Phi) is 2.97. The Bertz CT molecular complexity index is 277. The molecule has 0 aromatic carbocycles. The van der Waals surface area contributed by atoms with Crippen LogP contribution in [0.2, 0.25) is 0 Å². The zero-order chi connectivity index (χ0) is 11.9. The van der Waals surface area contributed by atoms with E-state index in [1.165, 1.54) is 12.8 Å². The van der Waals surface area contributed by atoms with E-state index in [0.29, 0.717) is 12.1 Å². The molecule has 4 nitrogen and oxygen atoms in total. The summed E-state index contributed by atoms with van der Waals surface area (Å²) in [6.07, 6.45) is 4.74. The van der Waals surface area contributed by atoms with Crippen LogP contribution in [-0.4, -0.2) is 59.6 Å². The first-order valence-corrected chi connectivity index (χ1v) is 6.06. The molecule has 2 saturated heterocycles. The molecule has 92 valence electrons. The second kappa shape index (κ2) is 4.00. The minimum atomic E-state index is -0.669. The minimum absolute atomic E-state index is 0.121.